The van der Waals surface area contributed by atoms with Gasteiger partial charge >= 0.3 is 0 Å². The smallest absolute Gasteiger partial charge is 0.276 e. The number of anilines is 1. The number of nitrogens with one attached hydrogen (secondary N) is 1. The monoisotopic (exact) mass is 345 g/mol. The van der Waals surface area contributed by atoms with Gasteiger partial charge in [-0.3, -0.25) is 9.48 Å². The second-order valence-corrected chi connectivity index (χ2v) is 7.33. The zero-order valence-electron chi connectivity index (χ0n) is 15.8. The summed E-state index contributed by atoms with van der Waals surface area (Å²) < 4.78 is 7.08. The lowest BCUT2D eigenvalue weighted by Crippen LogP contribution is -2.26. The molecule has 0 fully saturated rings. The normalized spacial score (nSPS) is 11.7. The largest absolute Gasteiger partial charge is 0.496 e. The van der Waals surface area contributed by atoms with Gasteiger partial charge in [-0.2, -0.15) is 5.10 Å². The van der Waals surface area contributed by atoms with Crippen LogP contribution in [0.4, 0.5) is 5.69 Å². The molecule has 0 aliphatic heterocycles. The van der Waals surface area contributed by atoms with Crippen LogP contribution >= 0.6 is 0 Å². The van der Waals surface area contributed by atoms with E-state index < -0.39 is 0 Å². The first-order valence-electron chi connectivity index (χ1n) is 8.37. The fourth-order valence-corrected chi connectivity index (χ4v) is 2.63. The number of carbonyl (C=O) groups is 1. The molecule has 0 aliphatic carbocycles. The van der Waals surface area contributed by atoms with Crippen LogP contribution in [0.5, 0.6) is 5.75 Å². The van der Waals surface area contributed by atoms with Gasteiger partial charge in [-0.1, -0.05) is 13.8 Å². The molecule has 6 nitrogen and oxygen atoms in total. The molecule has 1 heterocycles. The minimum Gasteiger partial charge on any atom is -0.496 e. The molecule has 1 aromatic heterocycles. The number of aliphatic hydroxyl groups excluding tert-OH is 1. The number of hydrogen-bond acceptors (Lipinski definition) is 4. The first-order chi connectivity index (χ1) is 11.7. The van der Waals surface area contributed by atoms with E-state index in [-0.39, 0.29) is 24.0 Å². The first-order valence-corrected chi connectivity index (χ1v) is 8.37. The van der Waals surface area contributed by atoms with Crippen molar-refractivity contribution >= 4 is 11.6 Å². The summed E-state index contributed by atoms with van der Waals surface area (Å²) >= 11 is 0. The zero-order valence-corrected chi connectivity index (χ0v) is 15.8. The molecule has 0 saturated heterocycles. The molecular formula is C19H27N3O3. The number of hydrogen-bond donors (Lipinski definition) is 2. The minimum absolute atomic E-state index is 0.164. The van der Waals surface area contributed by atoms with Crippen LogP contribution in [0.15, 0.2) is 24.3 Å². The Bertz CT molecular complexity index is 758. The van der Waals surface area contributed by atoms with Gasteiger partial charge in [0.05, 0.1) is 19.3 Å². The van der Waals surface area contributed by atoms with Crippen molar-refractivity contribution in [3.8, 4) is 5.75 Å². The van der Waals surface area contributed by atoms with E-state index in [0.717, 1.165) is 5.69 Å². The molecule has 2 rings (SSSR count). The average Bonchev–Trinajstić information content (AvgIpc) is 3.00. The molecule has 1 aromatic carbocycles. The highest BCUT2D eigenvalue weighted by molar-refractivity contribution is 6.03. The molecule has 0 saturated carbocycles. The maximum absolute atomic E-state index is 12.6. The summed E-state index contributed by atoms with van der Waals surface area (Å²) in [5, 5.41) is 16.7. The van der Waals surface area contributed by atoms with Crippen LogP contribution in [-0.4, -0.2) is 27.9 Å². The number of benzene rings is 1. The van der Waals surface area contributed by atoms with Gasteiger partial charge in [0.15, 0.2) is 5.69 Å². The highest BCUT2D eigenvalue weighted by Gasteiger charge is 2.23. The fourth-order valence-electron chi connectivity index (χ4n) is 2.63. The molecule has 2 N–H and O–H groups in total. The number of ether oxygens (including phenoxy) is 1. The lowest BCUT2D eigenvalue weighted by atomic mass is 10.1. The molecule has 0 atom stereocenters. The summed E-state index contributed by atoms with van der Waals surface area (Å²) in [6, 6.07) is 6.98. The third-order valence-electron chi connectivity index (χ3n) is 3.91. The summed E-state index contributed by atoms with van der Waals surface area (Å²) in [7, 11) is 1.54. The van der Waals surface area contributed by atoms with Crippen LogP contribution in [0.1, 0.15) is 62.3 Å². The Morgan fingerprint density at radius 1 is 1.32 bits per heavy atom. The van der Waals surface area contributed by atoms with Crippen molar-refractivity contribution in [2.75, 3.05) is 12.4 Å². The summed E-state index contributed by atoms with van der Waals surface area (Å²) in [6.07, 6.45) is 0. The number of aromatic nitrogens is 2. The van der Waals surface area contributed by atoms with Gasteiger partial charge in [-0.05, 0) is 51.0 Å². The number of methoxy groups -OCH3 is 1. The van der Waals surface area contributed by atoms with Crippen LogP contribution < -0.4 is 10.1 Å². The Balaban J connectivity index is 2.30. The lowest BCUT2D eigenvalue weighted by Gasteiger charge is -2.23. The third-order valence-corrected chi connectivity index (χ3v) is 3.91. The van der Waals surface area contributed by atoms with E-state index in [1.165, 1.54) is 0 Å². The van der Waals surface area contributed by atoms with Gasteiger partial charge in [0, 0.05) is 16.9 Å². The van der Waals surface area contributed by atoms with Crippen molar-refractivity contribution in [3.05, 3.63) is 41.2 Å². The molecule has 0 radical (unpaired) electrons. The fraction of sp³-hybridized carbons (Fsp3) is 0.474. The molecule has 136 valence electrons. The summed E-state index contributed by atoms with van der Waals surface area (Å²) in [6.45, 7) is 10.2. The SMILES string of the molecule is COc1ccc(NC(=O)c2cc(C(C)C)n(C(C)(C)C)n2)cc1CO. The Hall–Kier alpha value is -2.34. The number of amides is 1. The predicted octanol–water partition coefficient (Wildman–Crippen LogP) is 3.51. The van der Waals surface area contributed by atoms with Crippen molar-refractivity contribution in [1.82, 2.24) is 9.78 Å². The van der Waals surface area contributed by atoms with Gasteiger partial charge in [-0.15, -0.1) is 0 Å². The Morgan fingerprint density at radius 3 is 2.48 bits per heavy atom. The van der Waals surface area contributed by atoms with Crippen LogP contribution in [-0.2, 0) is 12.1 Å². The molecule has 0 unspecified atom stereocenters. The number of rotatable bonds is 5. The zero-order chi connectivity index (χ0) is 18.8. The van der Waals surface area contributed by atoms with E-state index in [1.54, 1.807) is 25.3 Å². The standard InChI is InChI=1S/C19H27N3O3/c1-12(2)16-10-15(21-22(16)19(3,4)5)18(24)20-14-7-8-17(25-6)13(9-14)11-23/h7-10,12,23H,11H2,1-6H3,(H,20,24). The quantitative estimate of drug-likeness (QED) is 0.869. The second-order valence-electron chi connectivity index (χ2n) is 7.33. The first kappa shape index (κ1) is 19.0. The molecule has 25 heavy (non-hydrogen) atoms. The second kappa shape index (κ2) is 7.27. The minimum atomic E-state index is -0.279. The van der Waals surface area contributed by atoms with E-state index in [0.29, 0.717) is 22.7 Å². The van der Waals surface area contributed by atoms with E-state index >= 15 is 0 Å². The molecule has 0 aliphatic rings. The highest BCUT2D eigenvalue weighted by Crippen LogP contribution is 2.25. The summed E-state index contributed by atoms with van der Waals surface area (Å²) in [5.41, 5.74) is 2.39. The van der Waals surface area contributed by atoms with E-state index in [4.69, 9.17) is 4.74 Å². The topological polar surface area (TPSA) is 76.4 Å². The predicted molar refractivity (Wildman–Crippen MR) is 98.2 cm³/mol. The maximum atomic E-state index is 12.6. The number of aliphatic hydroxyl groups is 1. The molecule has 0 bridgehead atoms. The lowest BCUT2D eigenvalue weighted by molar-refractivity contribution is 0.102. The Kier molecular flexibility index (Phi) is 5.52. The Morgan fingerprint density at radius 2 is 2.00 bits per heavy atom. The van der Waals surface area contributed by atoms with Gasteiger partial charge in [0.1, 0.15) is 5.75 Å². The number of carbonyl (C=O) groups excluding carboxylic acids is 1. The summed E-state index contributed by atoms with van der Waals surface area (Å²) in [5.74, 6) is 0.564. The highest BCUT2D eigenvalue weighted by atomic mass is 16.5. The van der Waals surface area contributed by atoms with Crippen LogP contribution in [0.2, 0.25) is 0 Å². The summed E-state index contributed by atoms with van der Waals surface area (Å²) in [4.78, 5) is 12.6. The molecule has 1 amide bonds. The van der Waals surface area contributed by atoms with Gasteiger partial charge < -0.3 is 15.2 Å². The van der Waals surface area contributed by atoms with Gasteiger partial charge in [0.2, 0.25) is 0 Å². The van der Waals surface area contributed by atoms with E-state index in [2.05, 4.69) is 45.0 Å². The van der Waals surface area contributed by atoms with Crippen molar-refractivity contribution in [2.24, 2.45) is 0 Å². The van der Waals surface area contributed by atoms with Crippen molar-refractivity contribution in [1.29, 1.82) is 0 Å². The van der Waals surface area contributed by atoms with Crippen molar-refractivity contribution in [2.45, 2.75) is 52.7 Å². The molecule has 0 spiro atoms. The van der Waals surface area contributed by atoms with Crippen LogP contribution in [0.25, 0.3) is 0 Å². The maximum Gasteiger partial charge on any atom is 0.276 e. The Labute approximate surface area is 148 Å². The van der Waals surface area contributed by atoms with Gasteiger partial charge in [0.25, 0.3) is 5.91 Å². The molecule has 2 aromatic rings. The van der Waals surface area contributed by atoms with E-state index in [1.807, 2.05) is 10.7 Å². The van der Waals surface area contributed by atoms with Gasteiger partial charge in [-0.25, -0.2) is 0 Å². The molecular weight excluding hydrogens is 318 g/mol. The molecule has 6 heteroatoms. The number of nitrogens with zero attached hydrogens (tertiary/aromatic N) is 2. The van der Waals surface area contributed by atoms with Crippen molar-refractivity contribution in [3.63, 3.8) is 0 Å². The van der Waals surface area contributed by atoms with E-state index in [9.17, 15) is 9.90 Å². The van der Waals surface area contributed by atoms with Crippen LogP contribution in [0, 0.1) is 0 Å². The van der Waals surface area contributed by atoms with Crippen LogP contribution in [0.3, 0.4) is 0 Å². The average molecular weight is 345 g/mol. The van der Waals surface area contributed by atoms with Crippen molar-refractivity contribution < 1.29 is 14.6 Å². The third kappa shape index (κ3) is 4.20.